The van der Waals surface area contributed by atoms with Gasteiger partial charge in [-0.1, -0.05) is 0 Å². The lowest BCUT2D eigenvalue weighted by atomic mass is 10.1. The van der Waals surface area contributed by atoms with Gasteiger partial charge in [-0.15, -0.1) is 0 Å². The van der Waals surface area contributed by atoms with E-state index in [2.05, 4.69) is 4.90 Å². The number of nitrogens with zero attached hydrogens (tertiary/aromatic N) is 1. The van der Waals surface area contributed by atoms with Gasteiger partial charge in [-0.2, -0.15) is 0 Å². The van der Waals surface area contributed by atoms with E-state index < -0.39 is 0 Å². The zero-order valence-electron chi connectivity index (χ0n) is 8.95. The molecule has 0 bridgehead atoms. The summed E-state index contributed by atoms with van der Waals surface area (Å²) in [6.45, 7) is 5.44. The maximum atomic E-state index is 5.92. The molecule has 1 saturated carbocycles. The molecule has 2 N–H and O–H groups in total. The van der Waals surface area contributed by atoms with Gasteiger partial charge in [0.05, 0.1) is 6.61 Å². The second-order valence-electron chi connectivity index (χ2n) is 4.71. The average molecular weight is 198 g/mol. The standard InChI is InChI=1S/C11H22N2O/c12-11-3-2-10(8-11)9-13-4-1-6-14-7-5-13/h10-11H,1-9,12H2. The molecule has 2 atom stereocenters. The van der Waals surface area contributed by atoms with E-state index in [0.29, 0.717) is 6.04 Å². The molecule has 14 heavy (non-hydrogen) atoms. The SMILES string of the molecule is NC1CCC(CN2CCCOCC2)C1. The van der Waals surface area contributed by atoms with Gasteiger partial charge < -0.3 is 15.4 Å². The molecule has 3 nitrogen and oxygen atoms in total. The summed E-state index contributed by atoms with van der Waals surface area (Å²) in [5.41, 5.74) is 5.92. The zero-order valence-corrected chi connectivity index (χ0v) is 8.95. The van der Waals surface area contributed by atoms with Crippen molar-refractivity contribution >= 4 is 0 Å². The van der Waals surface area contributed by atoms with Crippen molar-refractivity contribution in [2.75, 3.05) is 32.8 Å². The van der Waals surface area contributed by atoms with Crippen molar-refractivity contribution in [3.63, 3.8) is 0 Å². The van der Waals surface area contributed by atoms with Crippen molar-refractivity contribution in [2.24, 2.45) is 11.7 Å². The maximum Gasteiger partial charge on any atom is 0.0593 e. The van der Waals surface area contributed by atoms with Crippen LogP contribution in [0.3, 0.4) is 0 Å². The predicted molar refractivity (Wildman–Crippen MR) is 57.2 cm³/mol. The van der Waals surface area contributed by atoms with E-state index >= 15 is 0 Å². The molecule has 1 aliphatic heterocycles. The first-order valence-corrected chi connectivity index (χ1v) is 5.90. The molecule has 3 heteroatoms. The largest absolute Gasteiger partial charge is 0.380 e. The van der Waals surface area contributed by atoms with Crippen LogP contribution < -0.4 is 5.73 Å². The Morgan fingerprint density at radius 1 is 1.21 bits per heavy atom. The van der Waals surface area contributed by atoms with Crippen molar-refractivity contribution in [2.45, 2.75) is 31.7 Å². The fraction of sp³-hybridized carbons (Fsp3) is 1.00. The van der Waals surface area contributed by atoms with Crippen LogP contribution in [0.4, 0.5) is 0 Å². The van der Waals surface area contributed by atoms with Crippen LogP contribution in [0.25, 0.3) is 0 Å². The normalized spacial score (nSPS) is 35.8. The van der Waals surface area contributed by atoms with E-state index in [0.717, 1.165) is 25.7 Å². The van der Waals surface area contributed by atoms with Gasteiger partial charge in [0.1, 0.15) is 0 Å². The number of hydrogen-bond acceptors (Lipinski definition) is 3. The van der Waals surface area contributed by atoms with E-state index in [-0.39, 0.29) is 0 Å². The summed E-state index contributed by atoms with van der Waals surface area (Å²) in [6.07, 6.45) is 4.99. The van der Waals surface area contributed by atoms with E-state index in [4.69, 9.17) is 10.5 Å². The lowest BCUT2D eigenvalue weighted by Crippen LogP contribution is -2.31. The predicted octanol–water partition coefficient (Wildman–Crippen LogP) is 0.836. The quantitative estimate of drug-likeness (QED) is 0.714. The average Bonchev–Trinajstić information content (AvgIpc) is 2.43. The van der Waals surface area contributed by atoms with Crippen molar-refractivity contribution < 1.29 is 4.74 Å². The first kappa shape index (κ1) is 10.4. The molecule has 82 valence electrons. The van der Waals surface area contributed by atoms with Gasteiger partial charge in [-0.25, -0.2) is 0 Å². The molecular weight excluding hydrogens is 176 g/mol. The van der Waals surface area contributed by atoms with E-state index in [1.807, 2.05) is 0 Å². The lowest BCUT2D eigenvalue weighted by Gasteiger charge is -2.22. The molecule has 0 aromatic heterocycles. The Labute approximate surface area is 86.6 Å². The minimum absolute atomic E-state index is 0.475. The second kappa shape index (κ2) is 5.10. The first-order valence-electron chi connectivity index (χ1n) is 5.90. The van der Waals surface area contributed by atoms with Crippen molar-refractivity contribution in [1.29, 1.82) is 0 Å². The van der Waals surface area contributed by atoms with Crippen molar-refractivity contribution in [1.82, 2.24) is 4.90 Å². The third-order valence-corrected chi connectivity index (χ3v) is 3.41. The molecule has 0 amide bonds. The Morgan fingerprint density at radius 2 is 2.14 bits per heavy atom. The highest BCUT2D eigenvalue weighted by Crippen LogP contribution is 2.25. The third kappa shape index (κ3) is 2.94. The first-order chi connectivity index (χ1) is 6.84. The summed E-state index contributed by atoms with van der Waals surface area (Å²) in [4.78, 5) is 2.55. The fourth-order valence-corrected chi connectivity index (χ4v) is 2.62. The Hall–Kier alpha value is -0.120. The number of rotatable bonds is 2. The highest BCUT2D eigenvalue weighted by atomic mass is 16.5. The molecule has 1 heterocycles. The molecule has 1 aliphatic carbocycles. The molecule has 0 aromatic rings. The third-order valence-electron chi connectivity index (χ3n) is 3.41. The molecule has 0 radical (unpaired) electrons. The van der Waals surface area contributed by atoms with Gasteiger partial charge in [0, 0.05) is 32.3 Å². The molecule has 1 saturated heterocycles. The topological polar surface area (TPSA) is 38.5 Å². The minimum Gasteiger partial charge on any atom is -0.380 e. The van der Waals surface area contributed by atoms with E-state index in [1.165, 1.54) is 38.8 Å². The Balaban J connectivity index is 1.72. The van der Waals surface area contributed by atoms with Crippen LogP contribution >= 0.6 is 0 Å². The van der Waals surface area contributed by atoms with Crippen molar-refractivity contribution in [3.8, 4) is 0 Å². The summed E-state index contributed by atoms with van der Waals surface area (Å²) in [7, 11) is 0. The van der Waals surface area contributed by atoms with Gasteiger partial charge in [0.25, 0.3) is 0 Å². The Bertz CT molecular complexity index is 167. The molecule has 2 fully saturated rings. The number of nitrogens with two attached hydrogens (primary N) is 1. The van der Waals surface area contributed by atoms with E-state index in [9.17, 15) is 0 Å². The minimum atomic E-state index is 0.475. The second-order valence-corrected chi connectivity index (χ2v) is 4.71. The highest BCUT2D eigenvalue weighted by Gasteiger charge is 2.23. The molecule has 2 aliphatic rings. The van der Waals surface area contributed by atoms with Gasteiger partial charge in [0.15, 0.2) is 0 Å². The molecule has 2 rings (SSSR count). The number of hydrogen-bond donors (Lipinski definition) is 1. The van der Waals surface area contributed by atoms with Gasteiger partial charge in [-0.05, 0) is 31.6 Å². The van der Waals surface area contributed by atoms with Crippen LogP contribution in [0, 0.1) is 5.92 Å². The van der Waals surface area contributed by atoms with E-state index in [1.54, 1.807) is 0 Å². The summed E-state index contributed by atoms with van der Waals surface area (Å²) in [5, 5.41) is 0. The van der Waals surface area contributed by atoms with Crippen LogP contribution in [-0.2, 0) is 4.74 Å². The van der Waals surface area contributed by atoms with Crippen LogP contribution in [0.5, 0.6) is 0 Å². The monoisotopic (exact) mass is 198 g/mol. The van der Waals surface area contributed by atoms with Crippen LogP contribution in [0.1, 0.15) is 25.7 Å². The molecule has 2 unspecified atom stereocenters. The summed E-state index contributed by atoms with van der Waals surface area (Å²) < 4.78 is 5.44. The molecule has 0 spiro atoms. The fourth-order valence-electron chi connectivity index (χ4n) is 2.62. The molecule has 0 aromatic carbocycles. The zero-order chi connectivity index (χ0) is 9.80. The summed E-state index contributed by atoms with van der Waals surface area (Å²) >= 11 is 0. The maximum absolute atomic E-state index is 5.92. The summed E-state index contributed by atoms with van der Waals surface area (Å²) in [6, 6.07) is 0.475. The molecular formula is C11H22N2O. The highest BCUT2D eigenvalue weighted by molar-refractivity contribution is 4.80. The van der Waals surface area contributed by atoms with Crippen LogP contribution in [0.2, 0.25) is 0 Å². The van der Waals surface area contributed by atoms with Gasteiger partial charge >= 0.3 is 0 Å². The number of ether oxygens (including phenoxy) is 1. The van der Waals surface area contributed by atoms with Crippen LogP contribution in [-0.4, -0.2) is 43.8 Å². The van der Waals surface area contributed by atoms with Crippen LogP contribution in [0.15, 0.2) is 0 Å². The van der Waals surface area contributed by atoms with Gasteiger partial charge in [0.2, 0.25) is 0 Å². The smallest absolute Gasteiger partial charge is 0.0593 e. The lowest BCUT2D eigenvalue weighted by molar-refractivity contribution is 0.138. The van der Waals surface area contributed by atoms with Gasteiger partial charge in [-0.3, -0.25) is 0 Å². The Kier molecular flexibility index (Phi) is 3.79. The Morgan fingerprint density at radius 3 is 2.93 bits per heavy atom. The summed E-state index contributed by atoms with van der Waals surface area (Å²) in [5.74, 6) is 0.850. The van der Waals surface area contributed by atoms with Crippen molar-refractivity contribution in [3.05, 3.63) is 0 Å².